The van der Waals surface area contributed by atoms with E-state index in [2.05, 4.69) is 40.0 Å². The summed E-state index contributed by atoms with van der Waals surface area (Å²) < 4.78 is 1.13. The highest BCUT2D eigenvalue weighted by Gasteiger charge is 2.00. The van der Waals surface area contributed by atoms with Gasteiger partial charge in [-0.15, -0.1) is 0 Å². The monoisotopic (exact) mass is 428 g/mol. The first-order chi connectivity index (χ1) is 11.2. The summed E-state index contributed by atoms with van der Waals surface area (Å²) in [6, 6.07) is 7.96. The van der Waals surface area contributed by atoms with Crippen molar-refractivity contribution in [1.29, 1.82) is 0 Å². The van der Waals surface area contributed by atoms with Gasteiger partial charge in [0.2, 0.25) is 5.91 Å². The first-order valence-electron chi connectivity index (χ1n) is 8.80. The normalized spacial score (nSPS) is 11.0. The standard InChI is InChI=1S/C19H29IN2O/c1-2-3-4-5-6-7-8-9-10-15-19(23)22-21-16-17-13-11-12-14-18(17)20/h11-14,16H,2-10,15H2,1H3,(H,22,23)/b21-16+. The van der Waals surface area contributed by atoms with Gasteiger partial charge < -0.3 is 0 Å². The number of nitrogens with one attached hydrogen (secondary N) is 1. The van der Waals surface area contributed by atoms with Crippen molar-refractivity contribution in [3.05, 3.63) is 33.4 Å². The van der Waals surface area contributed by atoms with Gasteiger partial charge in [0.05, 0.1) is 6.21 Å². The molecule has 0 saturated carbocycles. The number of hydrazone groups is 1. The third-order valence-corrected chi connectivity index (χ3v) is 4.79. The maximum absolute atomic E-state index is 11.7. The van der Waals surface area contributed by atoms with E-state index in [4.69, 9.17) is 0 Å². The molecular weight excluding hydrogens is 399 g/mol. The van der Waals surface area contributed by atoms with E-state index in [1.54, 1.807) is 6.21 Å². The van der Waals surface area contributed by atoms with Crippen LogP contribution in [0.5, 0.6) is 0 Å². The predicted molar refractivity (Wildman–Crippen MR) is 107 cm³/mol. The molecule has 0 saturated heterocycles. The van der Waals surface area contributed by atoms with Gasteiger partial charge in [-0.1, -0.05) is 76.5 Å². The van der Waals surface area contributed by atoms with Crippen molar-refractivity contribution in [1.82, 2.24) is 5.43 Å². The molecule has 0 radical (unpaired) electrons. The van der Waals surface area contributed by atoms with E-state index in [1.807, 2.05) is 24.3 Å². The second-order valence-electron chi connectivity index (χ2n) is 5.89. The lowest BCUT2D eigenvalue weighted by Crippen LogP contribution is -2.17. The lowest BCUT2D eigenvalue weighted by molar-refractivity contribution is -0.121. The Morgan fingerprint density at radius 1 is 1.04 bits per heavy atom. The van der Waals surface area contributed by atoms with Crippen LogP contribution in [0.1, 0.15) is 76.7 Å². The summed E-state index contributed by atoms with van der Waals surface area (Å²) in [5.74, 6) is 0.00938. The number of rotatable bonds is 12. The first kappa shape index (κ1) is 20.1. The summed E-state index contributed by atoms with van der Waals surface area (Å²) in [5, 5.41) is 4.03. The molecule has 23 heavy (non-hydrogen) atoms. The van der Waals surface area contributed by atoms with Crippen molar-refractivity contribution in [3.8, 4) is 0 Å². The predicted octanol–water partition coefficient (Wildman–Crippen LogP) is 5.66. The van der Waals surface area contributed by atoms with Gasteiger partial charge in [0, 0.05) is 15.6 Å². The largest absolute Gasteiger partial charge is 0.273 e. The molecule has 0 heterocycles. The Hall–Kier alpha value is -0.910. The molecule has 0 aliphatic rings. The molecule has 4 heteroatoms. The van der Waals surface area contributed by atoms with Crippen molar-refractivity contribution in [2.75, 3.05) is 0 Å². The molecule has 0 spiro atoms. The third-order valence-electron chi connectivity index (χ3n) is 3.81. The van der Waals surface area contributed by atoms with Crippen LogP contribution in [0.25, 0.3) is 0 Å². The summed E-state index contributed by atoms with van der Waals surface area (Å²) in [6.45, 7) is 2.25. The molecule has 0 unspecified atom stereocenters. The topological polar surface area (TPSA) is 41.5 Å². The number of hydrogen-bond donors (Lipinski definition) is 1. The number of benzene rings is 1. The minimum atomic E-state index is 0.00938. The van der Waals surface area contributed by atoms with Crippen LogP contribution in [0, 0.1) is 3.57 Å². The van der Waals surface area contributed by atoms with Gasteiger partial charge in [0.15, 0.2) is 0 Å². The SMILES string of the molecule is CCCCCCCCCCCC(=O)N/N=C/c1ccccc1I. The molecular formula is C19H29IN2O. The lowest BCUT2D eigenvalue weighted by atomic mass is 10.1. The van der Waals surface area contributed by atoms with Crippen LogP contribution in [0.2, 0.25) is 0 Å². The average Bonchev–Trinajstić information content (AvgIpc) is 2.55. The Morgan fingerprint density at radius 2 is 1.65 bits per heavy atom. The van der Waals surface area contributed by atoms with Gasteiger partial charge in [0.25, 0.3) is 0 Å². The van der Waals surface area contributed by atoms with Gasteiger partial charge in [-0.05, 0) is 35.1 Å². The van der Waals surface area contributed by atoms with Crippen molar-refractivity contribution in [2.24, 2.45) is 5.10 Å². The van der Waals surface area contributed by atoms with Crippen LogP contribution >= 0.6 is 22.6 Å². The highest BCUT2D eigenvalue weighted by Crippen LogP contribution is 2.10. The van der Waals surface area contributed by atoms with E-state index < -0.39 is 0 Å². The molecule has 0 aliphatic heterocycles. The van der Waals surface area contributed by atoms with Gasteiger partial charge >= 0.3 is 0 Å². The van der Waals surface area contributed by atoms with Crippen molar-refractivity contribution in [2.45, 2.75) is 71.1 Å². The van der Waals surface area contributed by atoms with Crippen molar-refractivity contribution < 1.29 is 4.79 Å². The Bertz CT molecular complexity index is 474. The van der Waals surface area contributed by atoms with E-state index in [1.165, 1.54) is 44.9 Å². The fourth-order valence-corrected chi connectivity index (χ4v) is 2.93. The van der Waals surface area contributed by atoms with Crippen molar-refractivity contribution in [3.63, 3.8) is 0 Å². The molecule has 0 atom stereocenters. The van der Waals surface area contributed by atoms with Gasteiger partial charge in [-0.3, -0.25) is 4.79 Å². The van der Waals surface area contributed by atoms with E-state index >= 15 is 0 Å². The molecule has 3 nitrogen and oxygen atoms in total. The Morgan fingerprint density at radius 3 is 2.30 bits per heavy atom. The molecule has 128 valence electrons. The zero-order valence-electron chi connectivity index (χ0n) is 14.2. The molecule has 0 bridgehead atoms. The number of amides is 1. The summed E-state index contributed by atoms with van der Waals surface area (Å²) in [5.41, 5.74) is 3.64. The van der Waals surface area contributed by atoms with E-state index in [0.29, 0.717) is 6.42 Å². The second kappa shape index (κ2) is 13.5. The van der Waals surface area contributed by atoms with E-state index in [0.717, 1.165) is 22.0 Å². The summed E-state index contributed by atoms with van der Waals surface area (Å²) in [6.07, 6.45) is 13.7. The van der Waals surface area contributed by atoms with E-state index in [-0.39, 0.29) is 5.91 Å². The van der Waals surface area contributed by atoms with Crippen LogP contribution < -0.4 is 5.43 Å². The number of unbranched alkanes of at least 4 members (excludes halogenated alkanes) is 8. The molecule has 1 N–H and O–H groups in total. The maximum Gasteiger partial charge on any atom is 0.240 e. The highest BCUT2D eigenvalue weighted by atomic mass is 127. The Kier molecular flexibility index (Phi) is 11.8. The van der Waals surface area contributed by atoms with Gasteiger partial charge in [-0.25, -0.2) is 5.43 Å². The zero-order valence-corrected chi connectivity index (χ0v) is 16.3. The Labute approximate surface area is 154 Å². The molecule has 1 aromatic carbocycles. The summed E-state index contributed by atoms with van der Waals surface area (Å²) in [4.78, 5) is 11.7. The Balaban J connectivity index is 2.01. The van der Waals surface area contributed by atoms with Crippen LogP contribution in [0.15, 0.2) is 29.4 Å². The number of halogens is 1. The van der Waals surface area contributed by atoms with Crippen LogP contribution in [0.4, 0.5) is 0 Å². The number of hydrogen-bond acceptors (Lipinski definition) is 2. The third kappa shape index (κ3) is 10.5. The number of nitrogens with zero attached hydrogens (tertiary/aromatic N) is 1. The van der Waals surface area contributed by atoms with Crippen LogP contribution in [-0.2, 0) is 4.79 Å². The first-order valence-corrected chi connectivity index (χ1v) is 9.88. The minimum Gasteiger partial charge on any atom is -0.273 e. The molecule has 0 fully saturated rings. The molecule has 0 aliphatic carbocycles. The minimum absolute atomic E-state index is 0.00938. The summed E-state index contributed by atoms with van der Waals surface area (Å²) in [7, 11) is 0. The number of carbonyl (C=O) groups excluding carboxylic acids is 1. The second-order valence-corrected chi connectivity index (χ2v) is 7.06. The van der Waals surface area contributed by atoms with E-state index in [9.17, 15) is 4.79 Å². The van der Waals surface area contributed by atoms with Crippen molar-refractivity contribution >= 4 is 34.7 Å². The molecule has 0 aromatic heterocycles. The number of carbonyl (C=O) groups is 1. The summed E-state index contributed by atoms with van der Waals surface area (Å²) >= 11 is 2.26. The molecule has 1 amide bonds. The maximum atomic E-state index is 11.7. The zero-order chi connectivity index (χ0) is 16.8. The fraction of sp³-hybridized carbons (Fsp3) is 0.579. The van der Waals surface area contributed by atoms with Crippen LogP contribution in [0.3, 0.4) is 0 Å². The lowest BCUT2D eigenvalue weighted by Gasteiger charge is -2.02. The average molecular weight is 428 g/mol. The quantitative estimate of drug-likeness (QED) is 0.198. The smallest absolute Gasteiger partial charge is 0.240 e. The molecule has 1 rings (SSSR count). The molecule has 1 aromatic rings. The van der Waals surface area contributed by atoms with Crippen LogP contribution in [-0.4, -0.2) is 12.1 Å². The van der Waals surface area contributed by atoms with Gasteiger partial charge in [0.1, 0.15) is 0 Å². The van der Waals surface area contributed by atoms with Gasteiger partial charge in [-0.2, -0.15) is 5.10 Å². The highest BCUT2D eigenvalue weighted by molar-refractivity contribution is 14.1. The fourth-order valence-electron chi connectivity index (χ4n) is 2.41.